The van der Waals surface area contributed by atoms with Crippen molar-refractivity contribution in [3.8, 4) is 0 Å². The minimum Gasteiger partial charge on any atom is -0.384 e. The molecule has 24 heavy (non-hydrogen) atoms. The van der Waals surface area contributed by atoms with E-state index in [9.17, 15) is 14.4 Å². The molecular formula is C15H15Cl2N3O3S. The average molecular weight is 388 g/mol. The molecule has 2 rings (SSSR count). The smallest absolute Gasteiger partial charge is 0.329 e. The summed E-state index contributed by atoms with van der Waals surface area (Å²) in [4.78, 5) is 38.9. The number of hydrogen-bond acceptors (Lipinski definition) is 5. The molecule has 0 bridgehead atoms. The van der Waals surface area contributed by atoms with Gasteiger partial charge in [0.2, 0.25) is 0 Å². The van der Waals surface area contributed by atoms with E-state index in [0.717, 1.165) is 11.8 Å². The fourth-order valence-electron chi connectivity index (χ4n) is 2.11. The molecule has 2 aromatic rings. The van der Waals surface area contributed by atoms with Crippen LogP contribution in [0, 0.1) is 0 Å². The number of Topliss-reactive ketones (excluding diaryl/α,β-unsaturated/α-hetero) is 1. The predicted octanol–water partition coefficient (Wildman–Crippen LogP) is 2.81. The van der Waals surface area contributed by atoms with Gasteiger partial charge in [-0.05, 0) is 24.6 Å². The van der Waals surface area contributed by atoms with E-state index in [2.05, 4.69) is 4.98 Å². The summed E-state index contributed by atoms with van der Waals surface area (Å²) < 4.78 is 1.19. The third-order valence-corrected chi connectivity index (χ3v) is 4.95. The fraction of sp³-hybridized carbons (Fsp3) is 0.267. The zero-order chi connectivity index (χ0) is 17.9. The van der Waals surface area contributed by atoms with E-state index >= 15 is 0 Å². The number of thioether (sulfide) groups is 1. The number of carbonyl (C=O) groups excluding carboxylic acids is 1. The van der Waals surface area contributed by atoms with Gasteiger partial charge in [0, 0.05) is 16.5 Å². The van der Waals surface area contributed by atoms with Gasteiger partial charge in [0.05, 0.1) is 10.8 Å². The number of aromatic amines is 1. The Morgan fingerprint density at radius 3 is 2.71 bits per heavy atom. The second-order valence-corrected chi connectivity index (χ2v) is 6.82. The third kappa shape index (κ3) is 4.03. The molecular weight excluding hydrogens is 373 g/mol. The van der Waals surface area contributed by atoms with E-state index in [-0.39, 0.29) is 17.1 Å². The topological polar surface area (TPSA) is 97.9 Å². The molecule has 0 aliphatic rings. The maximum absolute atomic E-state index is 12.4. The molecule has 0 aliphatic carbocycles. The molecule has 1 aromatic heterocycles. The molecule has 0 unspecified atom stereocenters. The quantitative estimate of drug-likeness (QED) is 0.586. The first kappa shape index (κ1) is 18.6. The van der Waals surface area contributed by atoms with Crippen LogP contribution >= 0.6 is 35.0 Å². The van der Waals surface area contributed by atoms with Crippen molar-refractivity contribution in [3.63, 3.8) is 0 Å². The highest BCUT2D eigenvalue weighted by Gasteiger charge is 2.19. The summed E-state index contributed by atoms with van der Waals surface area (Å²) in [5.74, 6) is -0.662. The Balaban J connectivity index is 2.30. The molecule has 0 atom stereocenters. The number of halogens is 2. The van der Waals surface area contributed by atoms with Crippen LogP contribution in [0.3, 0.4) is 0 Å². The number of ketones is 1. The summed E-state index contributed by atoms with van der Waals surface area (Å²) in [5, 5.41) is 0.943. The fourth-order valence-corrected chi connectivity index (χ4v) is 3.47. The summed E-state index contributed by atoms with van der Waals surface area (Å²) in [6.07, 6.45) is 0.636. The maximum Gasteiger partial charge on any atom is 0.329 e. The van der Waals surface area contributed by atoms with Crippen molar-refractivity contribution in [2.24, 2.45) is 0 Å². The summed E-state index contributed by atoms with van der Waals surface area (Å²) in [5.41, 5.74) is 4.24. The molecule has 9 heteroatoms. The highest BCUT2D eigenvalue weighted by molar-refractivity contribution is 8.00. The molecule has 0 amide bonds. The van der Waals surface area contributed by atoms with Gasteiger partial charge >= 0.3 is 5.69 Å². The zero-order valence-electron chi connectivity index (χ0n) is 12.8. The number of nitrogen functional groups attached to an aromatic ring is 1. The Labute approximate surface area is 152 Å². The van der Waals surface area contributed by atoms with Crippen LogP contribution in [0.25, 0.3) is 0 Å². The Bertz CT molecular complexity index is 893. The lowest BCUT2D eigenvalue weighted by Crippen LogP contribution is -2.36. The number of aromatic nitrogens is 2. The Morgan fingerprint density at radius 1 is 1.33 bits per heavy atom. The third-order valence-electron chi connectivity index (χ3n) is 3.22. The molecule has 0 spiro atoms. The molecule has 6 nitrogen and oxygen atoms in total. The number of nitrogens with two attached hydrogens (primary N) is 1. The van der Waals surface area contributed by atoms with Gasteiger partial charge in [0.15, 0.2) is 5.78 Å². The number of nitrogens with zero attached hydrogens (tertiary/aromatic N) is 1. The SMILES string of the molecule is CCCn1c(N)c(C(=O)CSc2cc(Cl)ccc2Cl)c(=O)[nH]c1=O. The number of nitrogens with one attached hydrogen (secondary N) is 1. The lowest BCUT2D eigenvalue weighted by Gasteiger charge is -2.11. The second kappa shape index (κ2) is 7.92. The van der Waals surface area contributed by atoms with E-state index in [1.807, 2.05) is 6.92 Å². The van der Waals surface area contributed by atoms with Crippen LogP contribution < -0.4 is 17.0 Å². The number of carbonyl (C=O) groups is 1. The van der Waals surface area contributed by atoms with E-state index in [1.165, 1.54) is 4.57 Å². The summed E-state index contributed by atoms with van der Waals surface area (Å²) >= 11 is 13.1. The van der Waals surface area contributed by atoms with Crippen LogP contribution in [-0.2, 0) is 6.54 Å². The number of rotatable bonds is 6. The minimum atomic E-state index is -0.785. The van der Waals surface area contributed by atoms with E-state index in [4.69, 9.17) is 28.9 Å². The maximum atomic E-state index is 12.4. The minimum absolute atomic E-state index is 0.0579. The highest BCUT2D eigenvalue weighted by Crippen LogP contribution is 2.30. The molecule has 0 fully saturated rings. The Morgan fingerprint density at radius 2 is 2.04 bits per heavy atom. The van der Waals surface area contributed by atoms with E-state index < -0.39 is 17.0 Å². The first-order valence-corrected chi connectivity index (χ1v) is 8.83. The van der Waals surface area contributed by atoms with Gasteiger partial charge < -0.3 is 5.73 Å². The lowest BCUT2D eigenvalue weighted by molar-refractivity contribution is 0.102. The number of H-pyrrole nitrogens is 1. The van der Waals surface area contributed by atoms with Crippen molar-refractivity contribution < 1.29 is 4.79 Å². The van der Waals surface area contributed by atoms with Crippen molar-refractivity contribution in [3.05, 3.63) is 54.6 Å². The van der Waals surface area contributed by atoms with Gasteiger partial charge in [-0.3, -0.25) is 19.1 Å². The number of hydrogen-bond donors (Lipinski definition) is 2. The van der Waals surface area contributed by atoms with Crippen molar-refractivity contribution >= 4 is 46.6 Å². The molecule has 0 aliphatic heterocycles. The second-order valence-electron chi connectivity index (χ2n) is 4.96. The largest absolute Gasteiger partial charge is 0.384 e. The molecule has 3 N–H and O–H groups in total. The monoisotopic (exact) mass is 387 g/mol. The highest BCUT2D eigenvalue weighted by atomic mass is 35.5. The van der Waals surface area contributed by atoms with Crippen LogP contribution in [0.5, 0.6) is 0 Å². The van der Waals surface area contributed by atoms with Crippen LogP contribution in [0.15, 0.2) is 32.7 Å². The van der Waals surface area contributed by atoms with Crippen molar-refractivity contribution in [2.45, 2.75) is 24.8 Å². The van der Waals surface area contributed by atoms with Gasteiger partial charge in [-0.1, -0.05) is 30.1 Å². The molecule has 0 saturated heterocycles. The molecule has 0 saturated carbocycles. The van der Waals surface area contributed by atoms with Gasteiger partial charge in [-0.2, -0.15) is 0 Å². The van der Waals surface area contributed by atoms with Crippen LogP contribution in [-0.4, -0.2) is 21.1 Å². The first-order chi connectivity index (χ1) is 11.3. The van der Waals surface area contributed by atoms with Gasteiger partial charge in [-0.25, -0.2) is 4.79 Å². The average Bonchev–Trinajstić information content (AvgIpc) is 2.52. The van der Waals surface area contributed by atoms with E-state index in [1.54, 1.807) is 18.2 Å². The van der Waals surface area contributed by atoms with Crippen molar-refractivity contribution in [2.75, 3.05) is 11.5 Å². The standard InChI is InChI=1S/C15H15Cl2N3O3S/c1-2-5-20-13(18)12(14(22)19-15(20)23)10(21)7-24-11-6-8(16)3-4-9(11)17/h3-4,6H,2,5,7,18H2,1H3,(H,19,22,23). The molecule has 1 aromatic carbocycles. The summed E-state index contributed by atoms with van der Waals surface area (Å²) in [7, 11) is 0. The van der Waals surface area contributed by atoms with Crippen LogP contribution in [0.4, 0.5) is 5.82 Å². The Hall–Kier alpha value is -1.70. The lowest BCUT2D eigenvalue weighted by atomic mass is 10.2. The normalized spacial score (nSPS) is 10.8. The van der Waals surface area contributed by atoms with Crippen LogP contribution in [0.1, 0.15) is 23.7 Å². The van der Waals surface area contributed by atoms with Gasteiger partial charge in [0.25, 0.3) is 5.56 Å². The predicted molar refractivity (Wildman–Crippen MR) is 97.5 cm³/mol. The number of benzene rings is 1. The summed E-state index contributed by atoms with van der Waals surface area (Å²) in [6, 6.07) is 4.89. The van der Waals surface area contributed by atoms with Crippen LogP contribution in [0.2, 0.25) is 10.0 Å². The zero-order valence-corrected chi connectivity index (χ0v) is 15.1. The molecule has 128 valence electrons. The van der Waals surface area contributed by atoms with Gasteiger partial charge in [0.1, 0.15) is 11.4 Å². The Kier molecular flexibility index (Phi) is 6.15. The molecule has 1 heterocycles. The van der Waals surface area contributed by atoms with Crippen molar-refractivity contribution in [1.82, 2.24) is 9.55 Å². The van der Waals surface area contributed by atoms with Crippen molar-refractivity contribution in [1.29, 1.82) is 0 Å². The number of anilines is 1. The molecule has 0 radical (unpaired) electrons. The van der Waals surface area contributed by atoms with E-state index in [0.29, 0.717) is 27.9 Å². The first-order valence-electron chi connectivity index (χ1n) is 7.08. The summed E-state index contributed by atoms with van der Waals surface area (Å²) in [6.45, 7) is 2.17. The van der Waals surface area contributed by atoms with Gasteiger partial charge in [-0.15, -0.1) is 11.8 Å².